The molecule has 0 aliphatic carbocycles. The molecule has 0 bridgehead atoms. The van der Waals surface area contributed by atoms with E-state index in [2.05, 4.69) is 29.0 Å². The number of pyridine rings is 1. The zero-order valence-electron chi connectivity index (χ0n) is 12.9. The molecule has 1 amide bonds. The number of carbonyl (C=O) groups is 1. The summed E-state index contributed by atoms with van der Waals surface area (Å²) >= 11 is 4.95. The van der Waals surface area contributed by atoms with Gasteiger partial charge in [0.1, 0.15) is 5.69 Å². The van der Waals surface area contributed by atoms with Gasteiger partial charge in [-0.2, -0.15) is 0 Å². The molecule has 1 aromatic rings. The highest BCUT2D eigenvalue weighted by Crippen LogP contribution is 2.17. The van der Waals surface area contributed by atoms with E-state index in [1.54, 1.807) is 6.20 Å². The molecule has 0 aliphatic heterocycles. The molecule has 0 unspecified atom stereocenters. The Morgan fingerprint density at radius 2 is 2.24 bits per heavy atom. The lowest BCUT2D eigenvalue weighted by Crippen LogP contribution is -2.31. The molecule has 116 valence electrons. The third-order valence-electron chi connectivity index (χ3n) is 2.89. The third-order valence-corrected chi connectivity index (χ3v) is 3.10. The Bertz CT molecular complexity index is 490. The summed E-state index contributed by atoms with van der Waals surface area (Å²) in [5.74, 6) is 0.343. The normalized spacial score (nSPS) is 10.5. The van der Waals surface area contributed by atoms with Crippen molar-refractivity contribution in [2.24, 2.45) is 11.7 Å². The van der Waals surface area contributed by atoms with Gasteiger partial charge in [-0.15, -0.1) is 0 Å². The van der Waals surface area contributed by atoms with Gasteiger partial charge in [0, 0.05) is 37.9 Å². The number of hydrogen-bond donors (Lipinski definition) is 2. The molecular weight excluding hydrogens is 284 g/mol. The number of thiocarbonyl (C=S) groups is 1. The first-order valence-corrected chi connectivity index (χ1v) is 7.62. The molecule has 0 radical (unpaired) electrons. The quantitative estimate of drug-likeness (QED) is 0.719. The van der Waals surface area contributed by atoms with E-state index in [1.165, 1.54) is 0 Å². The minimum Gasteiger partial charge on any atom is -0.393 e. The second-order valence-electron chi connectivity index (χ2n) is 5.31. The fourth-order valence-electron chi connectivity index (χ4n) is 2.00. The van der Waals surface area contributed by atoms with Gasteiger partial charge in [0.25, 0.3) is 5.91 Å². The molecule has 0 aliphatic rings. The third kappa shape index (κ3) is 6.08. The Morgan fingerprint density at radius 3 is 2.81 bits per heavy atom. The van der Waals surface area contributed by atoms with Crippen molar-refractivity contribution in [1.29, 1.82) is 0 Å². The van der Waals surface area contributed by atoms with Gasteiger partial charge in [-0.05, 0) is 25.0 Å². The minimum absolute atomic E-state index is 0.154. The highest BCUT2D eigenvalue weighted by atomic mass is 32.1. The molecule has 0 aromatic carbocycles. The van der Waals surface area contributed by atoms with Crippen molar-refractivity contribution in [1.82, 2.24) is 10.3 Å². The molecule has 0 fully saturated rings. The number of amides is 1. The second kappa shape index (κ2) is 8.56. The molecule has 0 atom stereocenters. The van der Waals surface area contributed by atoms with Gasteiger partial charge in [0.05, 0.1) is 4.99 Å². The first-order valence-electron chi connectivity index (χ1n) is 7.21. The molecule has 0 saturated heterocycles. The lowest BCUT2D eigenvalue weighted by molar-refractivity contribution is 0.0951. The summed E-state index contributed by atoms with van der Waals surface area (Å²) in [6, 6.07) is 3.72. The van der Waals surface area contributed by atoms with Crippen LogP contribution in [0.25, 0.3) is 0 Å². The van der Waals surface area contributed by atoms with Gasteiger partial charge in [-0.1, -0.05) is 26.1 Å². The molecule has 1 rings (SSSR count). The van der Waals surface area contributed by atoms with Crippen LogP contribution in [-0.4, -0.2) is 35.5 Å². The smallest absolute Gasteiger partial charge is 0.269 e. The fourth-order valence-corrected chi connectivity index (χ4v) is 2.09. The van der Waals surface area contributed by atoms with Crippen LogP contribution >= 0.6 is 12.2 Å². The van der Waals surface area contributed by atoms with Crippen molar-refractivity contribution in [3.05, 3.63) is 24.0 Å². The highest BCUT2D eigenvalue weighted by Gasteiger charge is 2.12. The summed E-state index contributed by atoms with van der Waals surface area (Å²) in [6.45, 7) is 8.39. The van der Waals surface area contributed by atoms with Crippen molar-refractivity contribution in [2.75, 3.05) is 24.5 Å². The molecule has 1 aromatic heterocycles. The number of carbonyl (C=O) groups excluding carboxylic acids is 1. The van der Waals surface area contributed by atoms with Crippen LogP contribution in [0.5, 0.6) is 0 Å². The number of nitrogens with two attached hydrogens (primary N) is 1. The summed E-state index contributed by atoms with van der Waals surface area (Å²) in [6.07, 6.45) is 2.31. The van der Waals surface area contributed by atoms with Crippen molar-refractivity contribution >= 4 is 28.8 Å². The second-order valence-corrected chi connectivity index (χ2v) is 5.84. The van der Waals surface area contributed by atoms with Crippen LogP contribution in [0.4, 0.5) is 5.69 Å². The maximum Gasteiger partial charge on any atom is 0.269 e. The predicted molar refractivity (Wildman–Crippen MR) is 90.7 cm³/mol. The summed E-state index contributed by atoms with van der Waals surface area (Å²) in [5, 5.41) is 2.76. The van der Waals surface area contributed by atoms with Crippen molar-refractivity contribution in [2.45, 2.75) is 27.2 Å². The Labute approximate surface area is 131 Å². The highest BCUT2D eigenvalue weighted by molar-refractivity contribution is 7.80. The SMILES string of the molecule is CCNC(=O)c1cc(N(CCC(N)=S)CC(C)C)ccn1. The molecule has 3 N–H and O–H groups in total. The van der Waals surface area contributed by atoms with E-state index in [9.17, 15) is 4.79 Å². The first kappa shape index (κ1) is 17.4. The van der Waals surface area contributed by atoms with Gasteiger partial charge in [-0.25, -0.2) is 0 Å². The van der Waals surface area contributed by atoms with Gasteiger partial charge < -0.3 is 16.0 Å². The predicted octanol–water partition coefficient (Wildman–Crippen LogP) is 1.97. The summed E-state index contributed by atoms with van der Waals surface area (Å²) < 4.78 is 0. The van der Waals surface area contributed by atoms with E-state index >= 15 is 0 Å². The molecule has 0 spiro atoms. The van der Waals surface area contributed by atoms with Gasteiger partial charge in [-0.3, -0.25) is 9.78 Å². The average Bonchev–Trinajstić information content (AvgIpc) is 2.43. The van der Waals surface area contributed by atoms with Gasteiger partial charge in [0.2, 0.25) is 0 Å². The number of aromatic nitrogens is 1. The molecular formula is C15H24N4OS. The Hall–Kier alpha value is -1.69. The van der Waals surface area contributed by atoms with Gasteiger partial charge >= 0.3 is 0 Å². The molecule has 6 heteroatoms. The van der Waals surface area contributed by atoms with Crippen molar-refractivity contribution in [3.8, 4) is 0 Å². The molecule has 21 heavy (non-hydrogen) atoms. The zero-order chi connectivity index (χ0) is 15.8. The van der Waals surface area contributed by atoms with Crippen LogP contribution in [0.15, 0.2) is 18.3 Å². The maximum absolute atomic E-state index is 11.9. The Morgan fingerprint density at radius 1 is 1.52 bits per heavy atom. The number of hydrogen-bond acceptors (Lipinski definition) is 4. The van der Waals surface area contributed by atoms with Crippen LogP contribution in [0.3, 0.4) is 0 Å². The number of rotatable bonds is 8. The first-order chi connectivity index (χ1) is 9.93. The van der Waals surface area contributed by atoms with Crippen LogP contribution in [-0.2, 0) is 0 Å². The number of nitrogens with zero attached hydrogens (tertiary/aromatic N) is 2. The molecule has 1 heterocycles. The van der Waals surface area contributed by atoms with E-state index < -0.39 is 0 Å². The zero-order valence-corrected chi connectivity index (χ0v) is 13.7. The number of anilines is 1. The van der Waals surface area contributed by atoms with E-state index in [0.29, 0.717) is 29.6 Å². The molecule has 5 nitrogen and oxygen atoms in total. The summed E-state index contributed by atoms with van der Waals surface area (Å²) in [7, 11) is 0. The largest absolute Gasteiger partial charge is 0.393 e. The van der Waals surface area contributed by atoms with Crippen LogP contribution in [0, 0.1) is 5.92 Å². The monoisotopic (exact) mass is 308 g/mol. The topological polar surface area (TPSA) is 71.2 Å². The number of nitrogens with one attached hydrogen (secondary N) is 1. The Kier molecular flexibility index (Phi) is 7.08. The van der Waals surface area contributed by atoms with E-state index in [4.69, 9.17) is 18.0 Å². The summed E-state index contributed by atoms with van der Waals surface area (Å²) in [4.78, 5) is 18.7. The fraction of sp³-hybridized carbons (Fsp3) is 0.533. The maximum atomic E-state index is 11.9. The van der Waals surface area contributed by atoms with Gasteiger partial charge in [0.15, 0.2) is 0 Å². The van der Waals surface area contributed by atoms with E-state index in [1.807, 2.05) is 19.1 Å². The van der Waals surface area contributed by atoms with Crippen molar-refractivity contribution in [3.63, 3.8) is 0 Å². The average molecular weight is 308 g/mol. The van der Waals surface area contributed by atoms with Crippen LogP contribution in [0.1, 0.15) is 37.7 Å². The Balaban J connectivity index is 2.92. The van der Waals surface area contributed by atoms with Crippen LogP contribution in [0.2, 0.25) is 0 Å². The van der Waals surface area contributed by atoms with E-state index in [0.717, 1.165) is 18.8 Å². The van der Waals surface area contributed by atoms with E-state index in [-0.39, 0.29) is 5.91 Å². The lowest BCUT2D eigenvalue weighted by atomic mass is 10.1. The standard InChI is InChI=1S/C15H24N4OS/c1-4-17-15(20)13-9-12(5-7-18-13)19(10-11(2)3)8-6-14(16)21/h5,7,9,11H,4,6,8,10H2,1-3H3,(H2,16,21)(H,17,20). The van der Waals surface area contributed by atoms with Crippen LogP contribution < -0.4 is 16.0 Å². The van der Waals surface area contributed by atoms with Crippen molar-refractivity contribution < 1.29 is 4.79 Å². The summed E-state index contributed by atoms with van der Waals surface area (Å²) in [5.41, 5.74) is 6.99. The molecule has 0 saturated carbocycles. The lowest BCUT2D eigenvalue weighted by Gasteiger charge is -2.26. The minimum atomic E-state index is -0.154.